The smallest absolute Gasteiger partial charge is 0.356 e. The second kappa shape index (κ2) is 6.49. The van der Waals surface area contributed by atoms with E-state index in [1.165, 1.54) is 7.11 Å². The van der Waals surface area contributed by atoms with Gasteiger partial charge in [-0.05, 0) is 36.8 Å². The van der Waals surface area contributed by atoms with Gasteiger partial charge in [0, 0.05) is 5.02 Å². The average Bonchev–Trinajstić information content (AvgIpc) is 2.90. The van der Waals surface area contributed by atoms with E-state index in [0.717, 1.165) is 16.9 Å². The van der Waals surface area contributed by atoms with Gasteiger partial charge in [-0.2, -0.15) is 0 Å². The van der Waals surface area contributed by atoms with Crippen LogP contribution in [0.25, 0.3) is 11.2 Å². The van der Waals surface area contributed by atoms with Gasteiger partial charge in [-0.3, -0.25) is 0 Å². The monoisotopic (exact) mass is 345 g/mol. The second-order valence-corrected chi connectivity index (χ2v) is 5.64. The largest absolute Gasteiger partial charge is 0.497 e. The Kier molecular flexibility index (Phi) is 4.40. The predicted octanol–water partition coefficient (Wildman–Crippen LogP) is 3.24. The van der Waals surface area contributed by atoms with E-state index in [1.807, 2.05) is 29.7 Å². The van der Waals surface area contributed by atoms with Crippen molar-refractivity contribution >= 4 is 28.7 Å². The molecule has 3 aromatic rings. The summed E-state index contributed by atoms with van der Waals surface area (Å²) in [7, 11) is 2.92. The molecular weight excluding hydrogens is 330 g/mol. The van der Waals surface area contributed by atoms with Gasteiger partial charge >= 0.3 is 5.97 Å². The van der Waals surface area contributed by atoms with E-state index in [0.29, 0.717) is 23.0 Å². The number of halogens is 1. The van der Waals surface area contributed by atoms with E-state index < -0.39 is 5.97 Å². The van der Waals surface area contributed by atoms with Gasteiger partial charge < -0.3 is 14.0 Å². The number of carbonyl (C=O) groups excluding carboxylic acids is 1. The summed E-state index contributed by atoms with van der Waals surface area (Å²) < 4.78 is 11.9. The van der Waals surface area contributed by atoms with Gasteiger partial charge in [-0.1, -0.05) is 17.7 Å². The second-order valence-electron chi connectivity index (χ2n) is 5.23. The SMILES string of the molecule is COC(=O)c1ccc2c(n1)nc(C)n2Cc1ccc(OC)cc1Cl. The van der Waals surface area contributed by atoms with Crippen molar-refractivity contribution in [2.45, 2.75) is 13.5 Å². The first-order valence-electron chi connectivity index (χ1n) is 7.28. The maximum atomic E-state index is 11.6. The molecule has 0 fully saturated rings. The number of methoxy groups -OCH3 is 2. The lowest BCUT2D eigenvalue weighted by molar-refractivity contribution is 0.0594. The zero-order valence-electron chi connectivity index (χ0n) is 13.5. The summed E-state index contributed by atoms with van der Waals surface area (Å²) in [5.41, 5.74) is 2.50. The maximum absolute atomic E-state index is 11.6. The number of rotatable bonds is 4. The highest BCUT2D eigenvalue weighted by molar-refractivity contribution is 6.31. The minimum Gasteiger partial charge on any atom is -0.497 e. The number of carbonyl (C=O) groups is 1. The third-order valence-corrected chi connectivity index (χ3v) is 4.14. The molecule has 0 bridgehead atoms. The molecule has 3 rings (SSSR count). The summed E-state index contributed by atoms with van der Waals surface area (Å²) in [5, 5.41) is 0.620. The van der Waals surface area contributed by atoms with Crippen molar-refractivity contribution in [2.75, 3.05) is 14.2 Å². The molecule has 124 valence electrons. The first-order chi connectivity index (χ1) is 11.5. The molecule has 6 nitrogen and oxygen atoms in total. The Labute approximate surface area is 144 Å². The summed E-state index contributed by atoms with van der Waals surface area (Å²) in [6.45, 7) is 2.43. The van der Waals surface area contributed by atoms with E-state index in [1.54, 1.807) is 19.2 Å². The van der Waals surface area contributed by atoms with Gasteiger partial charge in [0.1, 0.15) is 11.6 Å². The molecule has 0 N–H and O–H groups in total. The number of benzene rings is 1. The zero-order valence-corrected chi connectivity index (χ0v) is 14.3. The van der Waals surface area contributed by atoms with E-state index in [2.05, 4.69) is 9.97 Å². The topological polar surface area (TPSA) is 66.2 Å². The van der Waals surface area contributed by atoms with Crippen LogP contribution in [0.3, 0.4) is 0 Å². The number of aromatic nitrogens is 3. The number of imidazole rings is 1. The van der Waals surface area contributed by atoms with Gasteiger partial charge in [0.25, 0.3) is 0 Å². The Hall–Kier alpha value is -2.60. The Morgan fingerprint density at radius 2 is 2.00 bits per heavy atom. The molecule has 0 unspecified atom stereocenters. The van der Waals surface area contributed by atoms with Crippen LogP contribution in [0.5, 0.6) is 5.75 Å². The number of esters is 1. The molecule has 0 aliphatic carbocycles. The van der Waals surface area contributed by atoms with Gasteiger partial charge in [0.15, 0.2) is 11.3 Å². The van der Waals surface area contributed by atoms with Crippen molar-refractivity contribution in [1.82, 2.24) is 14.5 Å². The van der Waals surface area contributed by atoms with E-state index >= 15 is 0 Å². The molecule has 0 saturated heterocycles. The van der Waals surface area contributed by atoms with Crippen molar-refractivity contribution in [3.8, 4) is 5.75 Å². The molecule has 0 spiro atoms. The Balaban J connectivity index is 2.01. The predicted molar refractivity (Wildman–Crippen MR) is 90.7 cm³/mol. The fraction of sp³-hybridized carbons (Fsp3) is 0.235. The fourth-order valence-corrected chi connectivity index (χ4v) is 2.72. The molecule has 0 amide bonds. The van der Waals surface area contributed by atoms with Crippen LogP contribution >= 0.6 is 11.6 Å². The molecule has 0 aliphatic heterocycles. The van der Waals surface area contributed by atoms with E-state index in [9.17, 15) is 4.79 Å². The van der Waals surface area contributed by atoms with E-state index in [-0.39, 0.29) is 5.69 Å². The van der Waals surface area contributed by atoms with Gasteiger partial charge in [0.2, 0.25) is 0 Å². The number of aryl methyl sites for hydroxylation is 1. The minimum atomic E-state index is -0.484. The summed E-state index contributed by atoms with van der Waals surface area (Å²) in [6.07, 6.45) is 0. The number of nitrogens with zero attached hydrogens (tertiary/aromatic N) is 3. The van der Waals surface area contributed by atoms with Crippen LogP contribution in [0.1, 0.15) is 21.9 Å². The van der Waals surface area contributed by atoms with Gasteiger partial charge in [-0.15, -0.1) is 0 Å². The van der Waals surface area contributed by atoms with Crippen molar-refractivity contribution in [1.29, 1.82) is 0 Å². The van der Waals surface area contributed by atoms with Crippen LogP contribution in [0.2, 0.25) is 5.02 Å². The quantitative estimate of drug-likeness (QED) is 0.679. The number of pyridine rings is 1. The van der Waals surface area contributed by atoms with Gasteiger partial charge in [0.05, 0.1) is 26.3 Å². The molecule has 0 saturated carbocycles. The van der Waals surface area contributed by atoms with Crippen LogP contribution in [0, 0.1) is 6.92 Å². The lowest BCUT2D eigenvalue weighted by atomic mass is 10.2. The molecule has 0 radical (unpaired) electrons. The fourth-order valence-electron chi connectivity index (χ4n) is 2.49. The molecule has 7 heteroatoms. The first-order valence-corrected chi connectivity index (χ1v) is 7.66. The standard InChI is InChI=1S/C17H16ClN3O3/c1-10-19-16-15(7-6-14(20-16)17(22)24-3)21(10)9-11-4-5-12(23-2)8-13(11)18/h4-8H,9H2,1-3H3. The first kappa shape index (κ1) is 16.3. The summed E-state index contributed by atoms with van der Waals surface area (Å²) in [4.78, 5) is 20.3. The summed E-state index contributed by atoms with van der Waals surface area (Å²) >= 11 is 6.32. The van der Waals surface area contributed by atoms with Crippen molar-refractivity contribution < 1.29 is 14.3 Å². The molecule has 0 aliphatic rings. The van der Waals surface area contributed by atoms with Crippen molar-refractivity contribution in [3.05, 3.63) is 52.4 Å². The molecule has 2 aromatic heterocycles. The normalized spacial score (nSPS) is 10.8. The highest BCUT2D eigenvalue weighted by atomic mass is 35.5. The van der Waals surface area contributed by atoms with Gasteiger partial charge in [-0.25, -0.2) is 14.8 Å². The van der Waals surface area contributed by atoms with Crippen molar-refractivity contribution in [2.24, 2.45) is 0 Å². The number of hydrogen-bond donors (Lipinski definition) is 0. The minimum absolute atomic E-state index is 0.233. The molecule has 24 heavy (non-hydrogen) atoms. The number of ether oxygens (including phenoxy) is 2. The van der Waals surface area contributed by atoms with Crippen LogP contribution in [-0.2, 0) is 11.3 Å². The Bertz CT molecular complexity index is 921. The summed E-state index contributed by atoms with van der Waals surface area (Å²) in [5.74, 6) is 1.01. The highest BCUT2D eigenvalue weighted by Crippen LogP contribution is 2.25. The Morgan fingerprint density at radius 3 is 2.67 bits per heavy atom. The van der Waals surface area contributed by atoms with Crippen molar-refractivity contribution in [3.63, 3.8) is 0 Å². The summed E-state index contributed by atoms with van der Waals surface area (Å²) in [6, 6.07) is 9.00. The molecule has 1 aromatic carbocycles. The molecule has 2 heterocycles. The maximum Gasteiger partial charge on any atom is 0.356 e. The lowest BCUT2D eigenvalue weighted by Crippen LogP contribution is -2.05. The Morgan fingerprint density at radius 1 is 1.21 bits per heavy atom. The van der Waals surface area contributed by atoms with Crippen LogP contribution < -0.4 is 4.74 Å². The van der Waals surface area contributed by atoms with Crippen LogP contribution in [0.15, 0.2) is 30.3 Å². The lowest BCUT2D eigenvalue weighted by Gasteiger charge is -2.10. The zero-order chi connectivity index (χ0) is 17.3. The average molecular weight is 346 g/mol. The third kappa shape index (κ3) is 2.92. The highest BCUT2D eigenvalue weighted by Gasteiger charge is 2.14. The molecular formula is C17H16ClN3O3. The van der Waals surface area contributed by atoms with Crippen LogP contribution in [0.4, 0.5) is 0 Å². The van der Waals surface area contributed by atoms with E-state index in [4.69, 9.17) is 21.1 Å². The molecule has 0 atom stereocenters. The number of fused-ring (bicyclic) bond motifs is 1. The number of hydrogen-bond acceptors (Lipinski definition) is 5. The van der Waals surface area contributed by atoms with Crippen LogP contribution in [-0.4, -0.2) is 34.7 Å². The third-order valence-electron chi connectivity index (χ3n) is 3.79.